The van der Waals surface area contributed by atoms with Crippen LogP contribution in [0.3, 0.4) is 0 Å². The molecule has 2 nitrogen and oxygen atoms in total. The van der Waals surface area contributed by atoms with E-state index in [2.05, 4.69) is 228 Å². The Labute approximate surface area is 422 Å². The summed E-state index contributed by atoms with van der Waals surface area (Å²) in [5.74, 6) is 0. The molecular formula is C70H52N2. The molecule has 0 bridgehead atoms. The highest BCUT2D eigenvalue weighted by Crippen LogP contribution is 2.59. The van der Waals surface area contributed by atoms with Gasteiger partial charge >= 0.3 is 0 Å². The van der Waals surface area contributed by atoms with Gasteiger partial charge in [-0.05, 0) is 194 Å². The molecule has 5 aliphatic carbocycles. The summed E-state index contributed by atoms with van der Waals surface area (Å²) in [5, 5.41) is 0. The Bertz CT molecular complexity index is 3820. The number of fused-ring (bicyclic) bond motifs is 15. The maximum Gasteiger partial charge on any atom is 0.0497 e. The summed E-state index contributed by atoms with van der Waals surface area (Å²) >= 11 is 0. The van der Waals surface area contributed by atoms with Crippen LogP contribution in [0.2, 0.25) is 0 Å². The Morgan fingerprint density at radius 1 is 0.361 bits per heavy atom. The van der Waals surface area contributed by atoms with Crippen molar-refractivity contribution >= 4 is 40.6 Å². The van der Waals surface area contributed by atoms with Crippen LogP contribution in [0.15, 0.2) is 218 Å². The van der Waals surface area contributed by atoms with E-state index in [1.54, 1.807) is 5.57 Å². The van der Waals surface area contributed by atoms with Gasteiger partial charge in [0.25, 0.3) is 0 Å². The first kappa shape index (κ1) is 40.5. The fourth-order valence-electron chi connectivity index (χ4n) is 14.7. The Balaban J connectivity index is 0.781. The van der Waals surface area contributed by atoms with E-state index in [4.69, 9.17) is 0 Å². The molecular weight excluding hydrogens is 869 g/mol. The normalized spacial score (nSPS) is 17.3. The summed E-state index contributed by atoms with van der Waals surface area (Å²) in [7, 11) is 0. The molecule has 0 unspecified atom stereocenters. The van der Waals surface area contributed by atoms with E-state index in [1.165, 1.54) is 129 Å². The summed E-state index contributed by atoms with van der Waals surface area (Å²) in [5.41, 5.74) is 32.9. The van der Waals surface area contributed by atoms with Crippen molar-refractivity contribution in [1.29, 1.82) is 0 Å². The number of allylic oxidation sites excluding steroid dienone is 3. The third-order valence-electron chi connectivity index (χ3n) is 17.9. The quantitative estimate of drug-likeness (QED) is 0.162. The Morgan fingerprint density at radius 2 is 0.750 bits per heavy atom. The second-order valence-electron chi connectivity index (χ2n) is 21.7. The standard InChI is InChI=1S/C70H52N2/c1-2-18-52-42-69(41-51(52)17-1)61-35-45(27-31-57(61)59-33-29-55(39-63(59)69)71-65-21-9-5-13-47(65)37-48-14-6-10-22-66(48)71)25-26-46-28-32-58-60-34-30-56(72-67-23-11-7-15-49(67)38-50-16-8-12-24-68(50)72)40-64(60)70(62(58)36-46)43-53-19-3-4-20-54(53)44-70/h1-7,9-15,17-36,39-40H,8,16,37-38,41-44H2/b26-25+. The molecule has 0 amide bonds. The van der Waals surface area contributed by atoms with Crippen LogP contribution in [-0.4, -0.2) is 0 Å². The van der Waals surface area contributed by atoms with Gasteiger partial charge in [0.1, 0.15) is 0 Å². The van der Waals surface area contributed by atoms with E-state index < -0.39 is 0 Å². The first-order chi connectivity index (χ1) is 35.6. The molecule has 2 heterocycles. The molecule has 2 spiro atoms. The van der Waals surface area contributed by atoms with Gasteiger partial charge in [-0.3, -0.25) is 0 Å². The third-order valence-corrected chi connectivity index (χ3v) is 17.9. The van der Waals surface area contributed by atoms with Crippen molar-refractivity contribution in [1.82, 2.24) is 0 Å². The summed E-state index contributed by atoms with van der Waals surface area (Å²) in [4.78, 5) is 5.07. The lowest BCUT2D eigenvalue weighted by atomic mass is 9.75. The van der Waals surface area contributed by atoms with Crippen molar-refractivity contribution in [3.63, 3.8) is 0 Å². The van der Waals surface area contributed by atoms with Crippen LogP contribution < -0.4 is 9.80 Å². The highest BCUT2D eigenvalue weighted by Gasteiger charge is 2.49. The molecule has 0 N–H and O–H groups in total. The maximum absolute atomic E-state index is 2.57. The minimum atomic E-state index is -0.146. The van der Waals surface area contributed by atoms with Crippen LogP contribution in [0.5, 0.6) is 0 Å². The lowest BCUT2D eigenvalue weighted by Gasteiger charge is -2.36. The zero-order chi connectivity index (χ0) is 47.1. The van der Waals surface area contributed by atoms with Crippen LogP contribution in [0.4, 0.5) is 28.4 Å². The van der Waals surface area contributed by atoms with E-state index in [9.17, 15) is 0 Å². The van der Waals surface area contributed by atoms with Crippen molar-refractivity contribution in [3.05, 3.63) is 290 Å². The van der Waals surface area contributed by atoms with Gasteiger partial charge in [-0.25, -0.2) is 0 Å². The number of nitrogens with zero attached hydrogens (tertiary/aromatic N) is 2. The minimum Gasteiger partial charge on any atom is -0.310 e. The second-order valence-corrected chi connectivity index (χ2v) is 21.7. The van der Waals surface area contributed by atoms with Crippen LogP contribution in [0, 0.1) is 0 Å². The predicted octanol–water partition coefficient (Wildman–Crippen LogP) is 16.7. The molecule has 0 saturated heterocycles. The smallest absolute Gasteiger partial charge is 0.0497 e. The molecule has 72 heavy (non-hydrogen) atoms. The fraction of sp³-hybridized carbons (Fsp3) is 0.143. The van der Waals surface area contributed by atoms with Crippen LogP contribution >= 0.6 is 0 Å². The highest BCUT2D eigenvalue weighted by molar-refractivity contribution is 5.91. The zero-order valence-corrected chi connectivity index (χ0v) is 40.3. The van der Waals surface area contributed by atoms with Gasteiger partial charge in [0, 0.05) is 51.4 Å². The number of hydrogen-bond donors (Lipinski definition) is 0. The van der Waals surface area contributed by atoms with Gasteiger partial charge in [0.05, 0.1) is 0 Å². The summed E-state index contributed by atoms with van der Waals surface area (Å²) < 4.78 is 0. The SMILES string of the molecule is C1=CC2=C(CC1)Cc1ccccc1N2c1ccc2c(c1)C1(Cc3ccccc3C1)c1cc(/C=C/c3ccc4c(c3)C3(Cc5ccccc5C3)c3cc(N5c6ccccc6Cc6ccccc65)ccc3-4)ccc1-2. The monoisotopic (exact) mass is 920 g/mol. The average Bonchev–Trinajstić information content (AvgIpc) is 4.16. The van der Waals surface area contributed by atoms with Crippen LogP contribution in [-0.2, 0) is 49.4 Å². The molecule has 0 radical (unpaired) electrons. The molecule has 342 valence electrons. The summed E-state index contributed by atoms with van der Waals surface area (Å²) in [6.07, 6.45) is 17.8. The Morgan fingerprint density at radius 3 is 1.24 bits per heavy atom. The van der Waals surface area contributed by atoms with Gasteiger partial charge in [-0.2, -0.15) is 0 Å². The summed E-state index contributed by atoms with van der Waals surface area (Å²) in [6, 6.07) is 74.7. The molecule has 2 heteroatoms. The van der Waals surface area contributed by atoms with E-state index in [1.807, 2.05) is 0 Å². The van der Waals surface area contributed by atoms with Crippen molar-refractivity contribution in [2.45, 2.75) is 62.2 Å². The minimum absolute atomic E-state index is 0.135. The zero-order valence-electron chi connectivity index (χ0n) is 40.3. The maximum atomic E-state index is 2.57. The van der Waals surface area contributed by atoms with Gasteiger partial charge < -0.3 is 9.80 Å². The van der Waals surface area contributed by atoms with Crippen LogP contribution in [0.1, 0.15) is 85.2 Å². The molecule has 0 fully saturated rings. The molecule has 2 aliphatic heterocycles. The van der Waals surface area contributed by atoms with E-state index >= 15 is 0 Å². The molecule has 0 atom stereocenters. The number of rotatable bonds is 4. The molecule has 7 aliphatic rings. The number of para-hydroxylation sites is 3. The Hall–Kier alpha value is -8.20. The lowest BCUT2D eigenvalue weighted by molar-refractivity contribution is 0.563. The third kappa shape index (κ3) is 5.78. The van der Waals surface area contributed by atoms with Crippen molar-refractivity contribution in [3.8, 4) is 22.3 Å². The first-order valence-corrected chi connectivity index (χ1v) is 26.2. The molecule has 9 aromatic rings. The Kier molecular flexibility index (Phi) is 8.53. The van der Waals surface area contributed by atoms with Crippen molar-refractivity contribution in [2.24, 2.45) is 0 Å². The van der Waals surface area contributed by atoms with E-state index in [0.29, 0.717) is 0 Å². The highest BCUT2D eigenvalue weighted by atomic mass is 15.2. The molecule has 16 rings (SSSR count). The fourth-order valence-corrected chi connectivity index (χ4v) is 14.7. The molecule has 9 aromatic carbocycles. The summed E-state index contributed by atoms with van der Waals surface area (Å²) in [6.45, 7) is 0. The number of hydrogen-bond acceptors (Lipinski definition) is 2. The second kappa shape index (κ2) is 15.2. The van der Waals surface area contributed by atoms with E-state index in [-0.39, 0.29) is 10.8 Å². The average molecular weight is 921 g/mol. The van der Waals surface area contributed by atoms with Gasteiger partial charge in [-0.1, -0.05) is 170 Å². The van der Waals surface area contributed by atoms with Crippen LogP contribution in [0.25, 0.3) is 34.4 Å². The lowest BCUT2D eigenvalue weighted by Crippen LogP contribution is -2.27. The van der Waals surface area contributed by atoms with Crippen molar-refractivity contribution in [2.75, 3.05) is 9.80 Å². The predicted molar refractivity (Wildman–Crippen MR) is 297 cm³/mol. The van der Waals surface area contributed by atoms with Gasteiger partial charge in [-0.15, -0.1) is 0 Å². The largest absolute Gasteiger partial charge is 0.310 e. The number of benzene rings is 9. The topological polar surface area (TPSA) is 6.48 Å². The first-order valence-electron chi connectivity index (χ1n) is 26.2. The van der Waals surface area contributed by atoms with Crippen molar-refractivity contribution < 1.29 is 0 Å². The molecule has 0 saturated carbocycles. The molecule has 0 aromatic heterocycles. The van der Waals surface area contributed by atoms with E-state index in [0.717, 1.165) is 51.4 Å². The van der Waals surface area contributed by atoms with Gasteiger partial charge in [0.2, 0.25) is 0 Å². The van der Waals surface area contributed by atoms with Gasteiger partial charge in [0.15, 0.2) is 0 Å². The number of anilines is 5.